The summed E-state index contributed by atoms with van der Waals surface area (Å²) in [4.78, 5) is 9.12. The minimum Gasteiger partial charge on any atom is -0.300 e. The van der Waals surface area contributed by atoms with Gasteiger partial charge >= 0.3 is 0 Å². The van der Waals surface area contributed by atoms with Crippen LogP contribution in [0.3, 0.4) is 0 Å². The van der Waals surface area contributed by atoms with E-state index in [2.05, 4.69) is 35.2 Å². The molecule has 0 N–H and O–H groups in total. The fraction of sp³-hybridized carbons (Fsp3) is 0.471. The number of fused-ring (bicyclic) bond motifs is 1. The zero-order chi connectivity index (χ0) is 13.4. The van der Waals surface area contributed by atoms with Crippen molar-refractivity contribution in [2.45, 2.75) is 38.1 Å². The van der Waals surface area contributed by atoms with E-state index in [1.165, 1.54) is 59.9 Å². The third-order valence-electron chi connectivity index (χ3n) is 4.65. The number of thiazole rings is 1. The van der Waals surface area contributed by atoms with Gasteiger partial charge in [-0.15, -0.1) is 11.3 Å². The van der Waals surface area contributed by atoms with Gasteiger partial charge in [0.15, 0.2) is 0 Å². The van der Waals surface area contributed by atoms with Crippen molar-refractivity contribution in [2.24, 2.45) is 0 Å². The highest BCUT2D eigenvalue weighted by molar-refractivity contribution is 7.15. The lowest BCUT2D eigenvalue weighted by Crippen LogP contribution is -2.41. The van der Waals surface area contributed by atoms with Crippen molar-refractivity contribution >= 4 is 11.3 Å². The first-order chi connectivity index (χ1) is 9.90. The van der Waals surface area contributed by atoms with Crippen LogP contribution in [0.5, 0.6) is 0 Å². The average Bonchev–Trinajstić information content (AvgIpc) is 2.75. The molecule has 2 nitrogen and oxygen atoms in total. The maximum Gasteiger partial charge on any atom is 0.123 e. The van der Waals surface area contributed by atoms with Crippen molar-refractivity contribution in [3.63, 3.8) is 0 Å². The van der Waals surface area contributed by atoms with Gasteiger partial charge in [0.05, 0.1) is 5.69 Å². The molecule has 0 atom stereocenters. The number of benzene rings is 1. The highest BCUT2D eigenvalue weighted by atomic mass is 32.1. The molecule has 2 aromatic rings. The zero-order valence-corrected chi connectivity index (χ0v) is 12.5. The van der Waals surface area contributed by atoms with E-state index < -0.39 is 0 Å². The summed E-state index contributed by atoms with van der Waals surface area (Å²) in [7, 11) is 0. The van der Waals surface area contributed by atoms with Crippen molar-refractivity contribution < 1.29 is 0 Å². The van der Waals surface area contributed by atoms with Crippen LogP contribution in [0.25, 0.3) is 10.6 Å². The van der Waals surface area contributed by atoms with Crippen LogP contribution in [-0.4, -0.2) is 29.0 Å². The summed E-state index contributed by atoms with van der Waals surface area (Å²) in [6, 6.07) is 11.5. The average molecular weight is 284 g/mol. The lowest BCUT2D eigenvalue weighted by molar-refractivity contribution is 0.133. The summed E-state index contributed by atoms with van der Waals surface area (Å²) in [5, 5.41) is 1.20. The Balaban J connectivity index is 1.54. The molecular weight excluding hydrogens is 264 g/mol. The molecule has 0 radical (unpaired) electrons. The van der Waals surface area contributed by atoms with E-state index in [1.54, 1.807) is 0 Å². The summed E-state index contributed by atoms with van der Waals surface area (Å²) in [5.41, 5.74) is 2.62. The molecule has 1 aromatic heterocycles. The highest BCUT2D eigenvalue weighted by Gasteiger charge is 2.27. The van der Waals surface area contributed by atoms with Crippen molar-refractivity contribution in [3.8, 4) is 10.6 Å². The second-order valence-corrected chi connectivity index (χ2v) is 6.96. The van der Waals surface area contributed by atoms with Gasteiger partial charge in [0.25, 0.3) is 0 Å². The standard InChI is InChI=1S/C17H20N2S/c1-2-5-13(6-3-1)17-18-15-9-11-19(14-7-4-8-14)12-10-16(15)20-17/h1-3,5-6,14H,4,7-12H2. The molecule has 0 amide bonds. The molecule has 4 rings (SSSR count). The molecule has 1 aliphatic carbocycles. The quantitative estimate of drug-likeness (QED) is 0.834. The molecule has 0 bridgehead atoms. The molecule has 20 heavy (non-hydrogen) atoms. The van der Waals surface area contributed by atoms with Crippen molar-refractivity contribution in [2.75, 3.05) is 13.1 Å². The van der Waals surface area contributed by atoms with Crippen LogP contribution in [0, 0.1) is 0 Å². The minimum atomic E-state index is 0.873. The number of hydrogen-bond donors (Lipinski definition) is 0. The topological polar surface area (TPSA) is 16.1 Å². The maximum atomic E-state index is 4.91. The fourth-order valence-electron chi connectivity index (χ4n) is 3.20. The van der Waals surface area contributed by atoms with Gasteiger partial charge in [0.1, 0.15) is 5.01 Å². The van der Waals surface area contributed by atoms with Crippen LogP contribution in [-0.2, 0) is 12.8 Å². The van der Waals surface area contributed by atoms with E-state index in [4.69, 9.17) is 4.98 Å². The third-order valence-corrected chi connectivity index (χ3v) is 5.86. The molecule has 0 spiro atoms. The van der Waals surface area contributed by atoms with Crippen LogP contribution in [0.1, 0.15) is 29.8 Å². The number of rotatable bonds is 2. The second kappa shape index (κ2) is 5.30. The molecule has 2 heterocycles. The Bertz CT molecular complexity index is 561. The molecule has 1 aliphatic heterocycles. The Kier molecular flexibility index (Phi) is 3.32. The monoisotopic (exact) mass is 284 g/mol. The molecule has 104 valence electrons. The van der Waals surface area contributed by atoms with Crippen molar-refractivity contribution in [3.05, 3.63) is 40.9 Å². The van der Waals surface area contributed by atoms with Gasteiger partial charge in [-0.1, -0.05) is 36.8 Å². The largest absolute Gasteiger partial charge is 0.300 e. The summed E-state index contributed by atoms with van der Waals surface area (Å²) < 4.78 is 0. The van der Waals surface area contributed by atoms with Crippen molar-refractivity contribution in [1.82, 2.24) is 9.88 Å². The third kappa shape index (κ3) is 2.29. The Morgan fingerprint density at radius 2 is 1.85 bits per heavy atom. The molecule has 1 saturated carbocycles. The van der Waals surface area contributed by atoms with Gasteiger partial charge in [0.2, 0.25) is 0 Å². The van der Waals surface area contributed by atoms with Gasteiger partial charge < -0.3 is 0 Å². The fourth-order valence-corrected chi connectivity index (χ4v) is 4.30. The maximum absolute atomic E-state index is 4.91. The Labute approximate surface area is 124 Å². The van der Waals surface area contributed by atoms with Gasteiger partial charge in [-0.25, -0.2) is 4.98 Å². The highest BCUT2D eigenvalue weighted by Crippen LogP contribution is 2.32. The predicted octanol–water partition coefficient (Wildman–Crippen LogP) is 3.76. The van der Waals surface area contributed by atoms with E-state index in [0.29, 0.717) is 0 Å². The number of hydrogen-bond acceptors (Lipinski definition) is 3. The molecule has 2 aliphatic rings. The first-order valence-corrected chi connectivity index (χ1v) is 8.50. The van der Waals surface area contributed by atoms with Crippen LogP contribution in [0.15, 0.2) is 30.3 Å². The summed E-state index contributed by atoms with van der Waals surface area (Å²) in [6.07, 6.45) is 6.58. The Morgan fingerprint density at radius 3 is 2.60 bits per heavy atom. The van der Waals surface area contributed by atoms with E-state index >= 15 is 0 Å². The molecule has 0 saturated heterocycles. The molecule has 3 heteroatoms. The van der Waals surface area contributed by atoms with Gasteiger partial charge in [0, 0.05) is 36.0 Å². The van der Waals surface area contributed by atoms with E-state index in [1.807, 2.05) is 11.3 Å². The van der Waals surface area contributed by atoms with Crippen LogP contribution in [0.2, 0.25) is 0 Å². The number of nitrogens with zero attached hydrogens (tertiary/aromatic N) is 2. The minimum absolute atomic E-state index is 0.873. The van der Waals surface area contributed by atoms with Crippen molar-refractivity contribution in [1.29, 1.82) is 0 Å². The first-order valence-electron chi connectivity index (χ1n) is 7.68. The lowest BCUT2D eigenvalue weighted by atomic mass is 9.91. The molecule has 0 unspecified atom stereocenters. The summed E-state index contributed by atoms with van der Waals surface area (Å²) in [6.45, 7) is 2.43. The number of aromatic nitrogens is 1. The SMILES string of the molecule is c1ccc(-c2nc3c(s2)CCN(C2CCC2)CC3)cc1. The summed E-state index contributed by atoms with van der Waals surface area (Å²) >= 11 is 1.90. The Hall–Kier alpha value is -1.19. The van der Waals surface area contributed by atoms with E-state index in [0.717, 1.165) is 12.5 Å². The Morgan fingerprint density at radius 1 is 1.05 bits per heavy atom. The predicted molar refractivity (Wildman–Crippen MR) is 84.2 cm³/mol. The summed E-state index contributed by atoms with van der Waals surface area (Å²) in [5.74, 6) is 0. The first kappa shape index (κ1) is 12.5. The van der Waals surface area contributed by atoms with Crippen LogP contribution in [0.4, 0.5) is 0 Å². The van der Waals surface area contributed by atoms with Gasteiger partial charge in [-0.2, -0.15) is 0 Å². The van der Waals surface area contributed by atoms with E-state index in [-0.39, 0.29) is 0 Å². The van der Waals surface area contributed by atoms with E-state index in [9.17, 15) is 0 Å². The molecule has 1 fully saturated rings. The second-order valence-electron chi connectivity index (χ2n) is 5.88. The smallest absolute Gasteiger partial charge is 0.123 e. The molecular formula is C17H20N2S. The molecule has 1 aromatic carbocycles. The normalized spacial score (nSPS) is 20.2. The van der Waals surface area contributed by atoms with Crippen LogP contribution >= 0.6 is 11.3 Å². The zero-order valence-electron chi connectivity index (χ0n) is 11.7. The lowest BCUT2D eigenvalue weighted by Gasteiger charge is -2.36. The van der Waals surface area contributed by atoms with Gasteiger partial charge in [-0.3, -0.25) is 4.90 Å². The van der Waals surface area contributed by atoms with Gasteiger partial charge in [-0.05, 0) is 19.3 Å². The van der Waals surface area contributed by atoms with Crippen LogP contribution < -0.4 is 0 Å².